The van der Waals surface area contributed by atoms with Crippen LogP contribution in [0.4, 0.5) is 13.2 Å². The minimum atomic E-state index is -1.61. The molecular weight excluding hydrogens is 199 g/mol. The van der Waals surface area contributed by atoms with Crippen LogP contribution in [0.3, 0.4) is 0 Å². The summed E-state index contributed by atoms with van der Waals surface area (Å²) in [7, 11) is 0. The Labute approximate surface area is 77.4 Å². The van der Waals surface area contributed by atoms with Crippen LogP contribution < -0.4 is 4.84 Å². The molecule has 0 aromatic carbocycles. The fourth-order valence-corrected chi connectivity index (χ4v) is 0.571. The number of oxime groups is 1. The van der Waals surface area contributed by atoms with Crippen LogP contribution in [0.5, 0.6) is 5.88 Å². The lowest BCUT2D eigenvalue weighted by Crippen LogP contribution is -2.02. The average molecular weight is 205 g/mol. The average Bonchev–Trinajstić information content (AvgIpc) is 2.08. The van der Waals surface area contributed by atoms with Crippen LogP contribution in [-0.4, -0.2) is 15.7 Å². The number of halogens is 3. The van der Waals surface area contributed by atoms with Gasteiger partial charge in [-0.1, -0.05) is 5.16 Å². The standard InChI is InChI=1S/C7H6F3N3O/c1-3(2)13-14-6-4(8)5(9)11-7(10)12-6/h1-2H3. The smallest absolute Gasteiger partial charge is 0.314 e. The molecule has 0 N–H and O–H groups in total. The third kappa shape index (κ3) is 2.41. The topological polar surface area (TPSA) is 47.4 Å². The highest BCUT2D eigenvalue weighted by Gasteiger charge is 2.15. The van der Waals surface area contributed by atoms with Gasteiger partial charge in [0.2, 0.25) is 5.82 Å². The van der Waals surface area contributed by atoms with Crippen molar-refractivity contribution in [1.29, 1.82) is 0 Å². The number of rotatable bonds is 2. The van der Waals surface area contributed by atoms with E-state index in [1.807, 2.05) is 0 Å². The molecule has 1 rings (SSSR count). The summed E-state index contributed by atoms with van der Waals surface area (Å²) < 4.78 is 37.6. The molecule has 7 heteroatoms. The highest BCUT2D eigenvalue weighted by Crippen LogP contribution is 2.15. The summed E-state index contributed by atoms with van der Waals surface area (Å²) in [5, 5.41) is 3.29. The summed E-state index contributed by atoms with van der Waals surface area (Å²) in [5.41, 5.74) is 0.448. The molecule has 0 aliphatic carbocycles. The highest BCUT2D eigenvalue weighted by molar-refractivity contribution is 5.78. The normalized spacial score (nSPS) is 9.79. The first kappa shape index (κ1) is 10.4. The van der Waals surface area contributed by atoms with Gasteiger partial charge < -0.3 is 4.84 Å². The van der Waals surface area contributed by atoms with Crippen LogP contribution in [0, 0.1) is 17.8 Å². The summed E-state index contributed by atoms with van der Waals surface area (Å²) in [4.78, 5) is 9.74. The van der Waals surface area contributed by atoms with Crippen molar-refractivity contribution in [2.45, 2.75) is 13.8 Å². The maximum atomic E-state index is 12.8. The maximum absolute atomic E-state index is 12.8. The van der Waals surface area contributed by atoms with Gasteiger partial charge in [0.25, 0.3) is 11.8 Å². The minimum absolute atomic E-state index is 0.448. The lowest BCUT2D eigenvalue weighted by molar-refractivity contribution is 0.283. The third-order valence-corrected chi connectivity index (χ3v) is 1.07. The number of aromatic nitrogens is 2. The molecule has 0 atom stereocenters. The Bertz CT molecular complexity index is 377. The molecule has 0 bridgehead atoms. The molecule has 1 aromatic rings. The van der Waals surface area contributed by atoms with E-state index >= 15 is 0 Å². The van der Waals surface area contributed by atoms with Crippen LogP contribution in [0.2, 0.25) is 0 Å². The van der Waals surface area contributed by atoms with Crippen molar-refractivity contribution in [1.82, 2.24) is 9.97 Å². The molecule has 0 aliphatic heterocycles. The van der Waals surface area contributed by atoms with Crippen LogP contribution >= 0.6 is 0 Å². The van der Waals surface area contributed by atoms with E-state index in [0.717, 1.165) is 0 Å². The van der Waals surface area contributed by atoms with Gasteiger partial charge in [0.05, 0.1) is 5.71 Å². The first-order valence-electron chi connectivity index (χ1n) is 3.57. The Morgan fingerprint density at radius 1 is 1.21 bits per heavy atom. The molecule has 0 amide bonds. The van der Waals surface area contributed by atoms with Gasteiger partial charge in [-0.05, 0) is 13.8 Å². The lowest BCUT2D eigenvalue weighted by Gasteiger charge is -1.99. The predicted molar refractivity (Wildman–Crippen MR) is 41.3 cm³/mol. The van der Waals surface area contributed by atoms with E-state index in [9.17, 15) is 13.2 Å². The third-order valence-electron chi connectivity index (χ3n) is 1.07. The lowest BCUT2D eigenvalue weighted by atomic mass is 10.5. The largest absolute Gasteiger partial charge is 0.333 e. The van der Waals surface area contributed by atoms with E-state index in [4.69, 9.17) is 0 Å². The molecule has 0 fully saturated rings. The molecule has 0 spiro atoms. The van der Waals surface area contributed by atoms with Crippen molar-refractivity contribution in [2.24, 2.45) is 5.16 Å². The summed E-state index contributed by atoms with van der Waals surface area (Å²) in [6, 6.07) is 0. The molecule has 0 aliphatic rings. The van der Waals surface area contributed by atoms with E-state index in [2.05, 4.69) is 20.0 Å². The van der Waals surface area contributed by atoms with Crippen LogP contribution in [0.25, 0.3) is 0 Å². The van der Waals surface area contributed by atoms with E-state index in [-0.39, 0.29) is 0 Å². The molecule has 0 unspecified atom stereocenters. The molecule has 4 nitrogen and oxygen atoms in total. The summed E-state index contributed by atoms with van der Waals surface area (Å²) in [5.74, 6) is -3.97. The first-order chi connectivity index (χ1) is 6.50. The van der Waals surface area contributed by atoms with Crippen LogP contribution in [-0.2, 0) is 0 Å². The zero-order valence-electron chi connectivity index (χ0n) is 7.38. The Balaban J connectivity index is 3.02. The van der Waals surface area contributed by atoms with Gasteiger partial charge in [-0.15, -0.1) is 0 Å². The monoisotopic (exact) mass is 205 g/mol. The molecule has 1 heterocycles. The van der Waals surface area contributed by atoms with Crippen molar-refractivity contribution >= 4 is 5.71 Å². The minimum Gasteiger partial charge on any atom is -0.333 e. The molecule has 14 heavy (non-hydrogen) atoms. The van der Waals surface area contributed by atoms with Crippen molar-refractivity contribution in [3.63, 3.8) is 0 Å². The Kier molecular flexibility index (Phi) is 3.00. The van der Waals surface area contributed by atoms with E-state index in [1.54, 1.807) is 13.8 Å². The summed E-state index contributed by atoms with van der Waals surface area (Å²) in [6.45, 7) is 3.12. The zero-order valence-corrected chi connectivity index (χ0v) is 7.38. The van der Waals surface area contributed by atoms with Crippen molar-refractivity contribution in [2.75, 3.05) is 0 Å². The van der Waals surface area contributed by atoms with Crippen molar-refractivity contribution in [3.05, 3.63) is 17.8 Å². The van der Waals surface area contributed by atoms with Gasteiger partial charge in [0.1, 0.15) is 0 Å². The summed E-state index contributed by atoms with van der Waals surface area (Å²) in [6.07, 6.45) is -1.41. The molecule has 0 saturated carbocycles. The number of hydrogen-bond donors (Lipinski definition) is 0. The van der Waals surface area contributed by atoms with Crippen LogP contribution in [0.15, 0.2) is 5.16 Å². The zero-order chi connectivity index (χ0) is 10.7. The molecular formula is C7H6F3N3O. The van der Waals surface area contributed by atoms with Gasteiger partial charge in [-0.25, -0.2) is 0 Å². The molecule has 0 radical (unpaired) electrons. The van der Waals surface area contributed by atoms with Crippen molar-refractivity contribution in [3.8, 4) is 5.88 Å². The second kappa shape index (κ2) is 4.03. The quantitative estimate of drug-likeness (QED) is 0.319. The number of hydrogen-bond acceptors (Lipinski definition) is 4. The SMILES string of the molecule is CC(C)=NOc1nc(F)nc(F)c1F. The van der Waals surface area contributed by atoms with E-state index in [0.29, 0.717) is 5.71 Å². The van der Waals surface area contributed by atoms with Crippen LogP contribution in [0.1, 0.15) is 13.8 Å². The van der Waals surface area contributed by atoms with Gasteiger partial charge in [-0.3, -0.25) is 0 Å². The van der Waals surface area contributed by atoms with Gasteiger partial charge >= 0.3 is 6.08 Å². The Morgan fingerprint density at radius 2 is 1.86 bits per heavy atom. The van der Waals surface area contributed by atoms with Gasteiger partial charge in [-0.2, -0.15) is 23.1 Å². The molecule has 76 valence electrons. The second-order valence-electron chi connectivity index (χ2n) is 2.53. The Morgan fingerprint density at radius 3 is 2.43 bits per heavy atom. The first-order valence-corrected chi connectivity index (χ1v) is 3.57. The second-order valence-corrected chi connectivity index (χ2v) is 2.53. The predicted octanol–water partition coefficient (Wildman–Crippen LogP) is 1.67. The fourth-order valence-electron chi connectivity index (χ4n) is 0.571. The van der Waals surface area contributed by atoms with Gasteiger partial charge in [0, 0.05) is 0 Å². The summed E-state index contributed by atoms with van der Waals surface area (Å²) >= 11 is 0. The maximum Gasteiger partial charge on any atom is 0.314 e. The van der Waals surface area contributed by atoms with E-state index < -0.39 is 23.7 Å². The van der Waals surface area contributed by atoms with Crippen molar-refractivity contribution < 1.29 is 18.0 Å². The fraction of sp³-hybridized carbons (Fsp3) is 0.286. The highest BCUT2D eigenvalue weighted by atomic mass is 19.2. The number of nitrogens with zero attached hydrogens (tertiary/aromatic N) is 3. The van der Waals surface area contributed by atoms with E-state index in [1.165, 1.54) is 0 Å². The Hall–Kier alpha value is -1.66. The molecule has 1 aromatic heterocycles. The van der Waals surface area contributed by atoms with Gasteiger partial charge in [0.15, 0.2) is 0 Å². The molecule has 0 saturated heterocycles.